The zero-order valence-corrected chi connectivity index (χ0v) is 11.9. The minimum absolute atomic E-state index is 0.157. The highest BCUT2D eigenvalue weighted by atomic mass is 79.9. The van der Waals surface area contributed by atoms with E-state index in [9.17, 15) is 4.79 Å². The maximum Gasteiger partial charge on any atom is 0.319 e. The molecule has 0 heterocycles. The first-order chi connectivity index (χ1) is 8.69. The summed E-state index contributed by atoms with van der Waals surface area (Å²) in [5, 5.41) is 5.82. The molecule has 1 fully saturated rings. The molecule has 0 spiro atoms. The quantitative estimate of drug-likeness (QED) is 0.897. The summed E-state index contributed by atoms with van der Waals surface area (Å²) in [7, 11) is 1.60. The largest absolute Gasteiger partial charge is 0.497 e. The van der Waals surface area contributed by atoms with Gasteiger partial charge in [-0.1, -0.05) is 12.8 Å². The molecule has 1 aliphatic rings. The van der Waals surface area contributed by atoms with Gasteiger partial charge >= 0.3 is 6.03 Å². The van der Waals surface area contributed by atoms with Crippen LogP contribution in [0.1, 0.15) is 25.7 Å². The maximum atomic E-state index is 11.8. The fourth-order valence-corrected chi connectivity index (χ4v) is 2.49. The molecule has 0 aromatic heterocycles. The molecule has 2 rings (SSSR count). The van der Waals surface area contributed by atoms with Crippen molar-refractivity contribution < 1.29 is 9.53 Å². The number of carbonyl (C=O) groups is 1. The lowest BCUT2D eigenvalue weighted by Gasteiger charge is -2.14. The Morgan fingerprint density at radius 3 is 2.78 bits per heavy atom. The van der Waals surface area contributed by atoms with Gasteiger partial charge in [0.1, 0.15) is 5.75 Å². The molecule has 0 saturated heterocycles. The van der Waals surface area contributed by atoms with E-state index in [1.807, 2.05) is 12.1 Å². The summed E-state index contributed by atoms with van der Waals surface area (Å²) in [6.45, 7) is 0. The molecule has 1 aromatic carbocycles. The minimum atomic E-state index is -0.157. The van der Waals surface area contributed by atoms with Gasteiger partial charge in [-0.3, -0.25) is 0 Å². The lowest BCUT2D eigenvalue weighted by Crippen LogP contribution is -2.36. The molecule has 98 valence electrons. The smallest absolute Gasteiger partial charge is 0.319 e. The summed E-state index contributed by atoms with van der Waals surface area (Å²) in [5.41, 5.74) is 0.713. The van der Waals surface area contributed by atoms with Crippen LogP contribution in [0.15, 0.2) is 22.7 Å². The van der Waals surface area contributed by atoms with Crippen molar-refractivity contribution in [3.63, 3.8) is 0 Å². The minimum Gasteiger partial charge on any atom is -0.497 e. The van der Waals surface area contributed by atoms with Crippen molar-refractivity contribution in [2.45, 2.75) is 31.7 Å². The zero-order valence-electron chi connectivity index (χ0n) is 10.3. The van der Waals surface area contributed by atoms with Crippen LogP contribution >= 0.6 is 15.9 Å². The van der Waals surface area contributed by atoms with Gasteiger partial charge in [-0.05, 0) is 40.9 Å². The molecule has 1 aliphatic carbocycles. The molecule has 4 nitrogen and oxygen atoms in total. The molecular formula is C13H17BrN2O2. The monoisotopic (exact) mass is 312 g/mol. The van der Waals surface area contributed by atoms with Crippen molar-refractivity contribution >= 4 is 27.6 Å². The Bertz CT molecular complexity index is 431. The summed E-state index contributed by atoms with van der Waals surface area (Å²) < 4.78 is 5.97. The number of methoxy groups -OCH3 is 1. The Balaban J connectivity index is 1.97. The van der Waals surface area contributed by atoms with Crippen molar-refractivity contribution in [2.24, 2.45) is 0 Å². The third kappa shape index (κ3) is 3.38. The molecule has 1 aromatic rings. The number of benzene rings is 1. The molecule has 1 saturated carbocycles. The van der Waals surface area contributed by atoms with Crippen molar-refractivity contribution in [3.8, 4) is 5.75 Å². The van der Waals surface area contributed by atoms with E-state index in [0.29, 0.717) is 11.7 Å². The second-order valence-electron chi connectivity index (χ2n) is 4.43. The number of amides is 2. The number of ether oxygens (including phenoxy) is 1. The van der Waals surface area contributed by atoms with E-state index in [1.165, 1.54) is 12.8 Å². The fourth-order valence-electron chi connectivity index (χ4n) is 2.14. The Hall–Kier alpha value is -1.23. The SMILES string of the molecule is COc1ccc(Br)c(NC(=O)NC2CCCC2)c1. The van der Waals surface area contributed by atoms with E-state index in [4.69, 9.17) is 4.74 Å². The summed E-state index contributed by atoms with van der Waals surface area (Å²) in [6.07, 6.45) is 4.56. The fraction of sp³-hybridized carbons (Fsp3) is 0.462. The van der Waals surface area contributed by atoms with Gasteiger partial charge in [0, 0.05) is 16.6 Å². The van der Waals surface area contributed by atoms with Gasteiger partial charge < -0.3 is 15.4 Å². The van der Waals surface area contributed by atoms with Crippen LogP contribution in [0, 0.1) is 0 Å². The van der Waals surface area contributed by atoms with E-state index in [-0.39, 0.29) is 6.03 Å². The molecule has 2 amide bonds. The standard InChI is InChI=1S/C13H17BrN2O2/c1-18-10-6-7-11(14)12(8-10)16-13(17)15-9-4-2-3-5-9/h6-9H,2-5H2,1H3,(H2,15,16,17). The molecule has 0 unspecified atom stereocenters. The number of carbonyl (C=O) groups excluding carboxylic acids is 1. The molecule has 0 bridgehead atoms. The Morgan fingerprint density at radius 2 is 2.11 bits per heavy atom. The third-order valence-electron chi connectivity index (χ3n) is 3.11. The topological polar surface area (TPSA) is 50.4 Å². The number of hydrogen-bond donors (Lipinski definition) is 2. The molecule has 0 radical (unpaired) electrons. The summed E-state index contributed by atoms with van der Waals surface area (Å²) in [6, 6.07) is 5.64. The van der Waals surface area contributed by atoms with E-state index in [0.717, 1.165) is 23.1 Å². The predicted octanol–water partition coefficient (Wildman–Crippen LogP) is 3.52. The zero-order chi connectivity index (χ0) is 13.0. The number of halogens is 1. The molecule has 0 atom stereocenters. The molecular weight excluding hydrogens is 296 g/mol. The van der Waals surface area contributed by atoms with Gasteiger partial charge in [-0.15, -0.1) is 0 Å². The first-order valence-corrected chi connectivity index (χ1v) is 6.89. The van der Waals surface area contributed by atoms with E-state index in [1.54, 1.807) is 13.2 Å². The molecule has 0 aliphatic heterocycles. The average molecular weight is 313 g/mol. The van der Waals surface area contributed by atoms with Gasteiger partial charge in [-0.25, -0.2) is 4.79 Å². The maximum absolute atomic E-state index is 11.8. The third-order valence-corrected chi connectivity index (χ3v) is 3.80. The van der Waals surface area contributed by atoms with Crippen LogP contribution in [0.25, 0.3) is 0 Å². The van der Waals surface area contributed by atoms with Crippen molar-refractivity contribution in [2.75, 3.05) is 12.4 Å². The summed E-state index contributed by atoms with van der Waals surface area (Å²) in [5.74, 6) is 0.717. The van der Waals surface area contributed by atoms with E-state index in [2.05, 4.69) is 26.6 Å². The molecule has 5 heteroatoms. The second-order valence-corrected chi connectivity index (χ2v) is 5.28. The Labute approximate surface area is 115 Å². The van der Waals surface area contributed by atoms with Crippen LogP contribution < -0.4 is 15.4 Å². The highest BCUT2D eigenvalue weighted by Crippen LogP contribution is 2.27. The van der Waals surface area contributed by atoms with Crippen molar-refractivity contribution in [3.05, 3.63) is 22.7 Å². The first kappa shape index (κ1) is 13.2. The molecule has 2 N–H and O–H groups in total. The van der Waals surface area contributed by atoms with Gasteiger partial charge in [0.2, 0.25) is 0 Å². The van der Waals surface area contributed by atoms with Crippen LogP contribution in [-0.2, 0) is 0 Å². The normalized spacial score (nSPS) is 15.4. The number of hydrogen-bond acceptors (Lipinski definition) is 2. The number of nitrogens with one attached hydrogen (secondary N) is 2. The van der Waals surface area contributed by atoms with Crippen molar-refractivity contribution in [1.29, 1.82) is 0 Å². The number of anilines is 1. The van der Waals surface area contributed by atoms with Gasteiger partial charge in [0.15, 0.2) is 0 Å². The first-order valence-electron chi connectivity index (χ1n) is 6.10. The van der Waals surface area contributed by atoms with Crippen molar-refractivity contribution in [1.82, 2.24) is 5.32 Å². The summed E-state index contributed by atoms with van der Waals surface area (Å²) in [4.78, 5) is 11.8. The van der Waals surface area contributed by atoms with Crippen LogP contribution in [-0.4, -0.2) is 19.2 Å². The van der Waals surface area contributed by atoms with Crippen LogP contribution in [0.3, 0.4) is 0 Å². The lowest BCUT2D eigenvalue weighted by molar-refractivity contribution is 0.248. The highest BCUT2D eigenvalue weighted by Gasteiger charge is 2.17. The second kappa shape index (κ2) is 6.09. The van der Waals surface area contributed by atoms with Crippen LogP contribution in [0.2, 0.25) is 0 Å². The average Bonchev–Trinajstić information content (AvgIpc) is 2.84. The van der Waals surface area contributed by atoms with E-state index < -0.39 is 0 Å². The molecule has 18 heavy (non-hydrogen) atoms. The Morgan fingerprint density at radius 1 is 1.39 bits per heavy atom. The van der Waals surface area contributed by atoms with Gasteiger partial charge in [0.05, 0.1) is 12.8 Å². The predicted molar refractivity (Wildman–Crippen MR) is 75.1 cm³/mol. The van der Waals surface area contributed by atoms with Gasteiger partial charge in [0.25, 0.3) is 0 Å². The van der Waals surface area contributed by atoms with Crippen LogP contribution in [0.4, 0.5) is 10.5 Å². The Kier molecular flexibility index (Phi) is 4.47. The number of rotatable bonds is 3. The highest BCUT2D eigenvalue weighted by molar-refractivity contribution is 9.10. The van der Waals surface area contributed by atoms with Crippen LogP contribution in [0.5, 0.6) is 5.75 Å². The van der Waals surface area contributed by atoms with Gasteiger partial charge in [-0.2, -0.15) is 0 Å². The number of urea groups is 1. The summed E-state index contributed by atoms with van der Waals surface area (Å²) >= 11 is 3.40. The van der Waals surface area contributed by atoms with E-state index >= 15 is 0 Å². The lowest BCUT2D eigenvalue weighted by atomic mass is 10.2.